The van der Waals surface area contributed by atoms with Gasteiger partial charge in [-0.15, -0.1) is 0 Å². The predicted octanol–water partition coefficient (Wildman–Crippen LogP) is 4.89. The first-order valence-electron chi connectivity index (χ1n) is 10.4. The second-order valence-electron chi connectivity index (χ2n) is 7.52. The SMILES string of the molecule is CCc1cccc(CC)c1NC(=O)CCCN1c2cccc3cccc(c23)S1(=O)=O. The smallest absolute Gasteiger partial charge is 0.265 e. The lowest BCUT2D eigenvalue weighted by Gasteiger charge is -2.19. The maximum atomic E-state index is 13.0. The predicted molar refractivity (Wildman–Crippen MR) is 122 cm³/mol. The fourth-order valence-electron chi connectivity index (χ4n) is 4.19. The molecule has 0 atom stereocenters. The summed E-state index contributed by atoms with van der Waals surface area (Å²) in [5.74, 6) is -0.0853. The van der Waals surface area contributed by atoms with Gasteiger partial charge in [0.25, 0.3) is 10.0 Å². The largest absolute Gasteiger partial charge is 0.326 e. The third-order valence-corrected chi connectivity index (χ3v) is 7.57. The molecular weight excluding hydrogens is 396 g/mol. The Kier molecular flexibility index (Phi) is 5.52. The van der Waals surface area contributed by atoms with E-state index in [0.29, 0.717) is 17.0 Å². The number of aryl methyl sites for hydroxylation is 2. The quantitative estimate of drug-likeness (QED) is 0.589. The van der Waals surface area contributed by atoms with Gasteiger partial charge in [-0.05, 0) is 47.9 Å². The molecule has 1 amide bonds. The zero-order valence-corrected chi connectivity index (χ0v) is 18.1. The molecule has 1 aliphatic rings. The lowest BCUT2D eigenvalue weighted by Crippen LogP contribution is -2.29. The van der Waals surface area contributed by atoms with Gasteiger partial charge in [-0.1, -0.05) is 56.3 Å². The molecule has 6 heteroatoms. The van der Waals surface area contributed by atoms with Crippen LogP contribution < -0.4 is 9.62 Å². The number of rotatable bonds is 7. The van der Waals surface area contributed by atoms with Gasteiger partial charge in [0.05, 0.1) is 10.6 Å². The van der Waals surface area contributed by atoms with Gasteiger partial charge in [-0.3, -0.25) is 9.10 Å². The van der Waals surface area contributed by atoms with Crippen LogP contribution in [-0.2, 0) is 27.7 Å². The minimum Gasteiger partial charge on any atom is -0.326 e. The van der Waals surface area contributed by atoms with E-state index in [9.17, 15) is 13.2 Å². The fraction of sp³-hybridized carbons (Fsp3) is 0.292. The molecule has 5 nitrogen and oxygen atoms in total. The second-order valence-corrected chi connectivity index (χ2v) is 9.35. The molecule has 0 bridgehead atoms. The minimum atomic E-state index is -3.57. The van der Waals surface area contributed by atoms with E-state index < -0.39 is 10.0 Å². The molecule has 0 saturated heterocycles. The number of hydrogen-bond donors (Lipinski definition) is 1. The molecule has 1 N–H and O–H groups in total. The van der Waals surface area contributed by atoms with Gasteiger partial charge in [-0.25, -0.2) is 8.42 Å². The Labute approximate surface area is 177 Å². The summed E-state index contributed by atoms with van der Waals surface area (Å²) in [6, 6.07) is 17.1. The molecule has 3 aromatic rings. The molecule has 0 fully saturated rings. The molecule has 0 aromatic heterocycles. The molecule has 4 rings (SSSR count). The van der Waals surface area contributed by atoms with Crippen LogP contribution >= 0.6 is 0 Å². The van der Waals surface area contributed by atoms with Gasteiger partial charge in [-0.2, -0.15) is 0 Å². The molecule has 0 spiro atoms. The van der Waals surface area contributed by atoms with Crippen molar-refractivity contribution >= 4 is 38.1 Å². The lowest BCUT2D eigenvalue weighted by atomic mass is 10.0. The highest BCUT2D eigenvalue weighted by molar-refractivity contribution is 7.93. The summed E-state index contributed by atoms with van der Waals surface area (Å²) in [5.41, 5.74) is 3.84. The van der Waals surface area contributed by atoms with E-state index in [2.05, 4.69) is 19.2 Å². The number of nitrogens with one attached hydrogen (secondary N) is 1. The highest BCUT2D eigenvalue weighted by Crippen LogP contribution is 2.42. The molecule has 0 aliphatic carbocycles. The molecule has 3 aromatic carbocycles. The summed E-state index contributed by atoms with van der Waals surface area (Å²) in [6.07, 6.45) is 2.40. The van der Waals surface area contributed by atoms with Crippen molar-refractivity contribution in [3.8, 4) is 0 Å². The third kappa shape index (κ3) is 3.45. The number of benzene rings is 3. The van der Waals surface area contributed by atoms with E-state index in [1.807, 2.05) is 42.5 Å². The lowest BCUT2D eigenvalue weighted by molar-refractivity contribution is -0.116. The molecule has 156 valence electrons. The van der Waals surface area contributed by atoms with Gasteiger partial charge in [0, 0.05) is 24.0 Å². The van der Waals surface area contributed by atoms with Crippen LogP contribution in [0.25, 0.3) is 10.8 Å². The number of hydrogen-bond acceptors (Lipinski definition) is 3. The first-order chi connectivity index (χ1) is 14.5. The zero-order chi connectivity index (χ0) is 21.3. The number of amides is 1. The van der Waals surface area contributed by atoms with Crippen LogP contribution in [0, 0.1) is 0 Å². The molecule has 0 radical (unpaired) electrons. The molecule has 1 heterocycles. The van der Waals surface area contributed by atoms with Crippen LogP contribution in [0.4, 0.5) is 11.4 Å². The number of carbonyl (C=O) groups excluding carboxylic acids is 1. The number of sulfonamides is 1. The van der Waals surface area contributed by atoms with Gasteiger partial charge >= 0.3 is 0 Å². The average Bonchev–Trinajstić information content (AvgIpc) is 2.97. The van der Waals surface area contributed by atoms with E-state index in [4.69, 9.17) is 0 Å². The van der Waals surface area contributed by atoms with Crippen molar-refractivity contribution in [1.82, 2.24) is 0 Å². The Morgan fingerprint density at radius 1 is 0.933 bits per heavy atom. The summed E-state index contributed by atoms with van der Waals surface area (Å²) in [4.78, 5) is 13.0. The highest BCUT2D eigenvalue weighted by Gasteiger charge is 2.35. The summed E-state index contributed by atoms with van der Waals surface area (Å²) >= 11 is 0. The van der Waals surface area contributed by atoms with E-state index in [-0.39, 0.29) is 18.9 Å². The van der Waals surface area contributed by atoms with Crippen molar-refractivity contribution in [3.05, 3.63) is 65.7 Å². The first kappa shape index (κ1) is 20.4. The third-order valence-electron chi connectivity index (χ3n) is 5.71. The molecular formula is C24H26N2O3S. The number of anilines is 2. The molecule has 30 heavy (non-hydrogen) atoms. The highest BCUT2D eigenvalue weighted by atomic mass is 32.2. The maximum Gasteiger partial charge on any atom is 0.265 e. The fourth-order valence-corrected chi connectivity index (χ4v) is 5.94. The normalized spacial score (nSPS) is 14.3. The summed E-state index contributed by atoms with van der Waals surface area (Å²) in [6.45, 7) is 4.42. The Morgan fingerprint density at radius 2 is 1.57 bits per heavy atom. The summed E-state index contributed by atoms with van der Waals surface area (Å²) in [7, 11) is -3.57. The van der Waals surface area contributed by atoms with Crippen LogP contribution in [0.1, 0.15) is 37.8 Å². The monoisotopic (exact) mass is 422 g/mol. The summed E-state index contributed by atoms with van der Waals surface area (Å²) in [5, 5.41) is 4.74. The standard InChI is InChI=1S/C24H26N2O3S/c1-3-17-9-5-10-18(4-2)24(17)25-22(27)15-8-16-26-20-13-6-11-19-12-7-14-21(23(19)20)30(26,28)29/h5-7,9-14H,3-4,8,15-16H2,1-2H3,(H,25,27). The molecule has 1 aliphatic heterocycles. The van der Waals surface area contributed by atoms with E-state index in [0.717, 1.165) is 40.4 Å². The molecule has 0 saturated carbocycles. The number of para-hydroxylation sites is 1. The Balaban J connectivity index is 1.47. The van der Waals surface area contributed by atoms with Crippen LogP contribution in [0.2, 0.25) is 0 Å². The van der Waals surface area contributed by atoms with Crippen LogP contribution in [0.3, 0.4) is 0 Å². The van der Waals surface area contributed by atoms with Gasteiger partial charge in [0.15, 0.2) is 0 Å². The molecule has 0 unspecified atom stereocenters. The number of nitrogens with zero attached hydrogens (tertiary/aromatic N) is 1. The van der Waals surface area contributed by atoms with Crippen LogP contribution in [0.15, 0.2) is 59.5 Å². The van der Waals surface area contributed by atoms with Gasteiger partial charge in [0.1, 0.15) is 0 Å². The van der Waals surface area contributed by atoms with Crippen LogP contribution in [-0.4, -0.2) is 20.9 Å². The van der Waals surface area contributed by atoms with Crippen molar-refractivity contribution in [2.45, 2.75) is 44.4 Å². The van der Waals surface area contributed by atoms with Crippen molar-refractivity contribution in [2.75, 3.05) is 16.2 Å². The van der Waals surface area contributed by atoms with E-state index in [1.165, 1.54) is 4.31 Å². The van der Waals surface area contributed by atoms with Crippen molar-refractivity contribution < 1.29 is 13.2 Å². The summed E-state index contributed by atoms with van der Waals surface area (Å²) < 4.78 is 27.5. The Morgan fingerprint density at radius 3 is 2.23 bits per heavy atom. The zero-order valence-electron chi connectivity index (χ0n) is 17.3. The average molecular weight is 423 g/mol. The Hall–Kier alpha value is -2.86. The van der Waals surface area contributed by atoms with E-state index >= 15 is 0 Å². The van der Waals surface area contributed by atoms with Crippen molar-refractivity contribution in [3.63, 3.8) is 0 Å². The Bertz CT molecular complexity index is 1190. The van der Waals surface area contributed by atoms with Crippen LogP contribution in [0.5, 0.6) is 0 Å². The minimum absolute atomic E-state index is 0.0853. The topological polar surface area (TPSA) is 66.5 Å². The second kappa shape index (κ2) is 8.11. The van der Waals surface area contributed by atoms with E-state index in [1.54, 1.807) is 12.1 Å². The van der Waals surface area contributed by atoms with Crippen molar-refractivity contribution in [2.24, 2.45) is 0 Å². The van der Waals surface area contributed by atoms with Gasteiger partial charge < -0.3 is 5.32 Å². The maximum absolute atomic E-state index is 13.0. The first-order valence-corrected chi connectivity index (χ1v) is 11.9. The van der Waals surface area contributed by atoms with Crippen molar-refractivity contribution in [1.29, 1.82) is 0 Å². The number of carbonyl (C=O) groups is 1. The van der Waals surface area contributed by atoms with Gasteiger partial charge in [0.2, 0.25) is 5.91 Å².